The van der Waals surface area contributed by atoms with Gasteiger partial charge in [0.25, 0.3) is 0 Å². The molecule has 1 N–H and O–H groups in total. The molecule has 2 nitrogen and oxygen atoms in total. The minimum absolute atomic E-state index is 0.183. The molecule has 4 heteroatoms. The predicted molar refractivity (Wildman–Crippen MR) is 44.2 cm³/mol. The van der Waals surface area contributed by atoms with Gasteiger partial charge in [-0.1, -0.05) is 11.6 Å². The highest BCUT2D eigenvalue weighted by molar-refractivity contribution is 6.32. The van der Waals surface area contributed by atoms with Crippen LogP contribution in [0.1, 0.15) is 6.92 Å². The lowest BCUT2D eigenvalue weighted by molar-refractivity contribution is 0.336. The Balaban J connectivity index is 3.08. The van der Waals surface area contributed by atoms with Crippen LogP contribution in [0.15, 0.2) is 12.1 Å². The average Bonchev–Trinajstić information content (AvgIpc) is 2.07. The SMILES string of the molecule is CCOc1ccc(O)c(F)c1Cl. The van der Waals surface area contributed by atoms with Gasteiger partial charge < -0.3 is 9.84 Å². The van der Waals surface area contributed by atoms with Gasteiger partial charge in [-0.15, -0.1) is 0 Å². The predicted octanol–water partition coefficient (Wildman–Crippen LogP) is 2.58. The van der Waals surface area contributed by atoms with Crippen molar-refractivity contribution in [1.82, 2.24) is 0 Å². The number of phenolic OH excluding ortho intramolecular Hbond substituents is 1. The standard InChI is InChI=1S/C8H8ClFO2/c1-2-12-6-4-3-5(11)8(10)7(6)9/h3-4,11H,2H2,1H3. The van der Waals surface area contributed by atoms with Crippen LogP contribution in [0.25, 0.3) is 0 Å². The summed E-state index contributed by atoms with van der Waals surface area (Å²) in [7, 11) is 0. The molecule has 0 saturated carbocycles. The number of ether oxygens (including phenoxy) is 1. The molecule has 0 aromatic heterocycles. The normalized spacial score (nSPS) is 9.92. The van der Waals surface area contributed by atoms with Crippen molar-refractivity contribution in [3.63, 3.8) is 0 Å². The van der Waals surface area contributed by atoms with Crippen molar-refractivity contribution in [3.8, 4) is 11.5 Å². The van der Waals surface area contributed by atoms with E-state index in [1.165, 1.54) is 12.1 Å². The molecule has 0 saturated heterocycles. The molecule has 1 aromatic rings. The van der Waals surface area contributed by atoms with Gasteiger partial charge in [0, 0.05) is 0 Å². The summed E-state index contributed by atoms with van der Waals surface area (Å²) in [6, 6.07) is 2.62. The molecule has 0 atom stereocenters. The van der Waals surface area contributed by atoms with Gasteiger partial charge in [-0.2, -0.15) is 0 Å². The van der Waals surface area contributed by atoms with Crippen molar-refractivity contribution < 1.29 is 14.2 Å². The number of halogens is 2. The molecular weight excluding hydrogens is 183 g/mol. The van der Waals surface area contributed by atoms with Crippen LogP contribution in [-0.2, 0) is 0 Å². The van der Waals surface area contributed by atoms with Gasteiger partial charge in [0.2, 0.25) is 0 Å². The molecule has 1 rings (SSSR count). The minimum Gasteiger partial charge on any atom is -0.505 e. The monoisotopic (exact) mass is 190 g/mol. The third kappa shape index (κ3) is 1.61. The molecule has 0 aliphatic rings. The van der Waals surface area contributed by atoms with Crippen LogP contribution < -0.4 is 4.74 Å². The fourth-order valence-corrected chi connectivity index (χ4v) is 1.00. The largest absolute Gasteiger partial charge is 0.505 e. The Labute approximate surface area is 74.5 Å². The van der Waals surface area contributed by atoms with Crippen molar-refractivity contribution in [1.29, 1.82) is 0 Å². The zero-order valence-corrected chi connectivity index (χ0v) is 7.23. The smallest absolute Gasteiger partial charge is 0.187 e. The quantitative estimate of drug-likeness (QED) is 0.777. The first-order valence-electron chi connectivity index (χ1n) is 3.46. The van der Waals surface area contributed by atoms with Crippen molar-refractivity contribution in [3.05, 3.63) is 23.0 Å². The van der Waals surface area contributed by atoms with E-state index in [-0.39, 0.29) is 10.8 Å². The van der Waals surface area contributed by atoms with Crippen LogP contribution in [0.4, 0.5) is 4.39 Å². The van der Waals surface area contributed by atoms with E-state index in [0.29, 0.717) is 6.61 Å². The second kappa shape index (κ2) is 3.63. The molecule has 1 aromatic carbocycles. The molecule has 0 bridgehead atoms. The zero-order chi connectivity index (χ0) is 9.14. The molecule has 0 fully saturated rings. The topological polar surface area (TPSA) is 29.5 Å². The van der Waals surface area contributed by atoms with Crippen molar-refractivity contribution in [2.45, 2.75) is 6.92 Å². The van der Waals surface area contributed by atoms with E-state index in [9.17, 15) is 4.39 Å². The first kappa shape index (κ1) is 9.13. The Kier molecular flexibility index (Phi) is 2.76. The third-order valence-corrected chi connectivity index (χ3v) is 1.68. The lowest BCUT2D eigenvalue weighted by atomic mass is 10.3. The lowest BCUT2D eigenvalue weighted by Crippen LogP contribution is -1.93. The molecular formula is C8H8ClFO2. The third-order valence-electron chi connectivity index (χ3n) is 1.33. The molecule has 0 unspecified atom stereocenters. The van der Waals surface area contributed by atoms with Gasteiger partial charge in [-0.25, -0.2) is 4.39 Å². The summed E-state index contributed by atoms with van der Waals surface area (Å²) in [5.41, 5.74) is 0. The number of benzene rings is 1. The Morgan fingerprint density at radius 1 is 1.58 bits per heavy atom. The average molecular weight is 191 g/mol. The first-order valence-corrected chi connectivity index (χ1v) is 3.84. The van der Waals surface area contributed by atoms with Gasteiger partial charge in [0.05, 0.1) is 6.61 Å². The summed E-state index contributed by atoms with van der Waals surface area (Å²) in [6.45, 7) is 2.17. The van der Waals surface area contributed by atoms with E-state index in [0.717, 1.165) is 0 Å². The van der Waals surface area contributed by atoms with Crippen molar-refractivity contribution in [2.24, 2.45) is 0 Å². The summed E-state index contributed by atoms with van der Waals surface area (Å²) >= 11 is 5.52. The molecule has 0 radical (unpaired) electrons. The molecule has 12 heavy (non-hydrogen) atoms. The number of hydrogen-bond acceptors (Lipinski definition) is 2. The van der Waals surface area contributed by atoms with E-state index in [1.807, 2.05) is 0 Å². The summed E-state index contributed by atoms with van der Waals surface area (Å²) in [6.07, 6.45) is 0. The maximum atomic E-state index is 12.9. The fraction of sp³-hybridized carbons (Fsp3) is 0.250. The van der Waals surface area contributed by atoms with E-state index < -0.39 is 11.6 Å². The zero-order valence-electron chi connectivity index (χ0n) is 6.47. The highest BCUT2D eigenvalue weighted by atomic mass is 35.5. The van der Waals surface area contributed by atoms with Gasteiger partial charge in [0.1, 0.15) is 10.8 Å². The van der Waals surface area contributed by atoms with Crippen molar-refractivity contribution in [2.75, 3.05) is 6.61 Å². The lowest BCUT2D eigenvalue weighted by Gasteiger charge is -2.06. The van der Waals surface area contributed by atoms with Gasteiger partial charge in [0.15, 0.2) is 11.6 Å². The Morgan fingerprint density at radius 2 is 2.25 bits per heavy atom. The molecule has 0 aliphatic carbocycles. The van der Waals surface area contributed by atoms with Gasteiger partial charge in [-0.3, -0.25) is 0 Å². The summed E-state index contributed by atoms with van der Waals surface area (Å²) < 4.78 is 17.8. The van der Waals surface area contributed by atoms with Crippen LogP contribution in [0.2, 0.25) is 5.02 Å². The second-order valence-corrected chi connectivity index (χ2v) is 2.52. The number of phenols is 1. The Bertz CT molecular complexity index is 289. The Morgan fingerprint density at radius 3 is 2.83 bits per heavy atom. The number of hydrogen-bond donors (Lipinski definition) is 1. The van der Waals surface area contributed by atoms with E-state index in [1.54, 1.807) is 6.92 Å². The summed E-state index contributed by atoms with van der Waals surface area (Å²) in [4.78, 5) is 0. The first-order chi connectivity index (χ1) is 5.66. The number of rotatable bonds is 2. The van der Waals surface area contributed by atoms with Gasteiger partial charge in [-0.05, 0) is 19.1 Å². The van der Waals surface area contributed by atoms with Crippen LogP contribution in [0.5, 0.6) is 11.5 Å². The maximum absolute atomic E-state index is 12.9. The molecule has 0 aliphatic heterocycles. The van der Waals surface area contributed by atoms with Gasteiger partial charge >= 0.3 is 0 Å². The maximum Gasteiger partial charge on any atom is 0.187 e. The van der Waals surface area contributed by atoms with Crippen molar-refractivity contribution >= 4 is 11.6 Å². The molecule has 66 valence electrons. The highest BCUT2D eigenvalue weighted by Gasteiger charge is 2.10. The van der Waals surface area contributed by atoms with Crippen LogP contribution in [0, 0.1) is 5.82 Å². The van der Waals surface area contributed by atoms with Crippen LogP contribution in [-0.4, -0.2) is 11.7 Å². The van der Waals surface area contributed by atoms with E-state index >= 15 is 0 Å². The Hall–Kier alpha value is -0.960. The molecule has 0 amide bonds. The number of aromatic hydroxyl groups is 1. The van der Waals surface area contributed by atoms with E-state index in [2.05, 4.69) is 0 Å². The van der Waals surface area contributed by atoms with Crippen LogP contribution in [0.3, 0.4) is 0 Å². The molecule has 0 spiro atoms. The molecule has 0 heterocycles. The highest BCUT2D eigenvalue weighted by Crippen LogP contribution is 2.32. The fourth-order valence-electron chi connectivity index (χ4n) is 0.789. The summed E-state index contributed by atoms with van der Waals surface area (Å²) in [5, 5.41) is 8.69. The van der Waals surface area contributed by atoms with Crippen LogP contribution >= 0.6 is 11.6 Å². The second-order valence-electron chi connectivity index (χ2n) is 2.14. The summed E-state index contributed by atoms with van der Waals surface area (Å²) in [5.74, 6) is -1.07. The minimum atomic E-state index is -0.845. The van der Waals surface area contributed by atoms with E-state index in [4.69, 9.17) is 21.4 Å².